The molecule has 98 valence electrons. The number of carbonyl (C=O) groups is 1. The topological polar surface area (TPSA) is 29.1 Å². The number of hydrogen-bond donors (Lipinski definition) is 1. The van der Waals surface area contributed by atoms with Gasteiger partial charge in [0.1, 0.15) is 0 Å². The highest BCUT2D eigenvalue weighted by molar-refractivity contribution is 5.86. The van der Waals surface area contributed by atoms with Gasteiger partial charge >= 0.3 is 0 Å². The van der Waals surface area contributed by atoms with E-state index in [0.29, 0.717) is 12.2 Å². The number of rotatable bonds is 3. The van der Waals surface area contributed by atoms with Crippen LogP contribution in [0, 0.1) is 13.8 Å². The summed E-state index contributed by atoms with van der Waals surface area (Å²) in [6, 6.07) is 6.48. The molecule has 0 saturated carbocycles. The largest absolute Gasteiger partial charge is 0.307 e. The molecule has 0 spiro atoms. The van der Waals surface area contributed by atoms with Crippen molar-refractivity contribution in [3.05, 3.63) is 34.9 Å². The molecule has 0 amide bonds. The van der Waals surface area contributed by atoms with E-state index in [-0.39, 0.29) is 6.04 Å². The van der Waals surface area contributed by atoms with Gasteiger partial charge in [-0.25, -0.2) is 0 Å². The van der Waals surface area contributed by atoms with Crippen molar-refractivity contribution in [3.8, 4) is 0 Å². The first kappa shape index (κ1) is 13.3. The van der Waals surface area contributed by atoms with E-state index in [1.807, 2.05) is 0 Å². The number of carbonyl (C=O) groups excluding carboxylic acids is 1. The van der Waals surface area contributed by atoms with Gasteiger partial charge in [0.05, 0.1) is 6.04 Å². The van der Waals surface area contributed by atoms with Crippen molar-refractivity contribution in [1.29, 1.82) is 0 Å². The summed E-state index contributed by atoms with van der Waals surface area (Å²) in [6.45, 7) is 5.17. The van der Waals surface area contributed by atoms with Crippen molar-refractivity contribution in [1.82, 2.24) is 5.32 Å². The maximum Gasteiger partial charge on any atom is 0.154 e. The third-order valence-corrected chi connectivity index (χ3v) is 3.61. The Kier molecular flexibility index (Phi) is 4.54. The van der Waals surface area contributed by atoms with Gasteiger partial charge in [-0.2, -0.15) is 0 Å². The van der Waals surface area contributed by atoms with Crippen LogP contribution in [0.15, 0.2) is 18.2 Å². The predicted octanol–water partition coefficient (Wildman–Crippen LogP) is 2.95. The molecule has 1 aromatic carbocycles. The predicted molar refractivity (Wildman–Crippen MR) is 74.9 cm³/mol. The maximum atomic E-state index is 12.3. The molecule has 0 radical (unpaired) electrons. The Bertz CT molecular complexity index is 397. The van der Waals surface area contributed by atoms with Crippen LogP contribution >= 0.6 is 0 Å². The minimum Gasteiger partial charge on any atom is -0.307 e. The smallest absolute Gasteiger partial charge is 0.154 e. The summed E-state index contributed by atoms with van der Waals surface area (Å²) >= 11 is 0. The molecule has 1 aromatic rings. The molecule has 2 heteroatoms. The summed E-state index contributed by atoms with van der Waals surface area (Å²) in [7, 11) is 0. The second-order valence-electron chi connectivity index (χ2n) is 5.50. The van der Waals surface area contributed by atoms with Crippen molar-refractivity contribution in [3.63, 3.8) is 0 Å². The number of nitrogens with one attached hydrogen (secondary N) is 1. The second-order valence-corrected chi connectivity index (χ2v) is 5.50. The van der Waals surface area contributed by atoms with Crippen LogP contribution in [-0.4, -0.2) is 18.4 Å². The molecule has 1 aliphatic heterocycles. The first-order valence-corrected chi connectivity index (χ1v) is 6.98. The van der Waals surface area contributed by atoms with Crippen LogP contribution in [0.5, 0.6) is 0 Å². The lowest BCUT2D eigenvalue weighted by Gasteiger charge is -2.14. The van der Waals surface area contributed by atoms with Crippen molar-refractivity contribution in [2.24, 2.45) is 0 Å². The van der Waals surface area contributed by atoms with Crippen LogP contribution in [0.25, 0.3) is 0 Å². The fourth-order valence-electron chi connectivity index (χ4n) is 2.80. The molecule has 1 fully saturated rings. The number of benzene rings is 1. The number of Topliss-reactive ketones (excluding diaryl/α,β-unsaturated/α-hetero) is 1. The zero-order valence-corrected chi connectivity index (χ0v) is 11.5. The highest BCUT2D eigenvalue weighted by Crippen LogP contribution is 2.14. The summed E-state index contributed by atoms with van der Waals surface area (Å²) in [5.74, 6) is 0.349. The SMILES string of the molecule is Cc1cc(C)cc(CC(=O)C2CCCCCN2)c1. The number of aryl methyl sites for hydroxylation is 2. The molecule has 1 saturated heterocycles. The first-order chi connectivity index (χ1) is 8.65. The van der Waals surface area contributed by atoms with Crippen LogP contribution in [0.3, 0.4) is 0 Å². The van der Waals surface area contributed by atoms with Crippen molar-refractivity contribution < 1.29 is 4.79 Å². The van der Waals surface area contributed by atoms with Crippen LogP contribution in [0.1, 0.15) is 42.4 Å². The zero-order valence-electron chi connectivity index (χ0n) is 11.5. The van der Waals surface area contributed by atoms with Crippen LogP contribution in [0.4, 0.5) is 0 Å². The Morgan fingerprint density at radius 2 is 1.89 bits per heavy atom. The summed E-state index contributed by atoms with van der Waals surface area (Å²) < 4.78 is 0. The molecule has 1 unspecified atom stereocenters. The summed E-state index contributed by atoms with van der Waals surface area (Å²) in [6.07, 6.45) is 5.20. The first-order valence-electron chi connectivity index (χ1n) is 6.98. The number of hydrogen-bond acceptors (Lipinski definition) is 2. The molecule has 0 aromatic heterocycles. The quantitative estimate of drug-likeness (QED) is 0.887. The lowest BCUT2D eigenvalue weighted by Crippen LogP contribution is -2.36. The minimum absolute atomic E-state index is 0.0771. The van der Waals surface area contributed by atoms with Crippen LogP contribution < -0.4 is 5.32 Å². The molecule has 0 aliphatic carbocycles. The van der Waals surface area contributed by atoms with E-state index in [2.05, 4.69) is 37.4 Å². The Labute approximate surface area is 110 Å². The molecular formula is C16H23NO. The lowest BCUT2D eigenvalue weighted by atomic mass is 9.98. The lowest BCUT2D eigenvalue weighted by molar-refractivity contribution is -0.120. The van der Waals surface area contributed by atoms with Gasteiger partial charge in [0.15, 0.2) is 5.78 Å². The highest BCUT2D eigenvalue weighted by Gasteiger charge is 2.19. The van der Waals surface area contributed by atoms with Crippen molar-refractivity contribution in [2.45, 2.75) is 52.0 Å². The number of ketones is 1. The summed E-state index contributed by atoms with van der Waals surface area (Å²) in [5, 5.41) is 3.38. The highest BCUT2D eigenvalue weighted by atomic mass is 16.1. The van der Waals surface area contributed by atoms with Gasteiger partial charge in [-0.1, -0.05) is 42.2 Å². The van der Waals surface area contributed by atoms with Gasteiger partial charge in [-0.15, -0.1) is 0 Å². The van der Waals surface area contributed by atoms with Crippen LogP contribution in [0.2, 0.25) is 0 Å². The van der Waals surface area contributed by atoms with Gasteiger partial charge < -0.3 is 5.32 Å². The van der Waals surface area contributed by atoms with E-state index in [9.17, 15) is 4.79 Å². The molecule has 1 atom stereocenters. The molecular weight excluding hydrogens is 222 g/mol. The van der Waals surface area contributed by atoms with E-state index in [1.165, 1.54) is 30.4 Å². The fourth-order valence-corrected chi connectivity index (χ4v) is 2.80. The Morgan fingerprint density at radius 1 is 1.17 bits per heavy atom. The molecule has 2 nitrogen and oxygen atoms in total. The molecule has 1 aliphatic rings. The Morgan fingerprint density at radius 3 is 2.61 bits per heavy atom. The Balaban J connectivity index is 2.01. The third-order valence-electron chi connectivity index (χ3n) is 3.61. The average Bonchev–Trinajstić information content (AvgIpc) is 2.55. The van der Waals surface area contributed by atoms with Gasteiger partial charge in [0, 0.05) is 6.42 Å². The third kappa shape index (κ3) is 3.67. The minimum atomic E-state index is 0.0771. The molecule has 2 rings (SSSR count). The molecule has 18 heavy (non-hydrogen) atoms. The van der Waals surface area contributed by atoms with E-state index in [0.717, 1.165) is 18.5 Å². The maximum absolute atomic E-state index is 12.3. The van der Waals surface area contributed by atoms with E-state index < -0.39 is 0 Å². The zero-order chi connectivity index (χ0) is 13.0. The molecule has 1 heterocycles. The summed E-state index contributed by atoms with van der Waals surface area (Å²) in [5.41, 5.74) is 3.64. The van der Waals surface area contributed by atoms with Crippen molar-refractivity contribution >= 4 is 5.78 Å². The fraction of sp³-hybridized carbons (Fsp3) is 0.562. The normalized spacial score (nSPS) is 20.4. The summed E-state index contributed by atoms with van der Waals surface area (Å²) in [4.78, 5) is 12.3. The van der Waals surface area contributed by atoms with Crippen molar-refractivity contribution in [2.75, 3.05) is 6.54 Å². The van der Waals surface area contributed by atoms with Gasteiger partial charge in [-0.3, -0.25) is 4.79 Å². The van der Waals surface area contributed by atoms with E-state index >= 15 is 0 Å². The van der Waals surface area contributed by atoms with Gasteiger partial charge in [0.2, 0.25) is 0 Å². The second kappa shape index (κ2) is 6.14. The molecule has 1 N–H and O–H groups in total. The van der Waals surface area contributed by atoms with Gasteiger partial charge in [0.25, 0.3) is 0 Å². The Hall–Kier alpha value is -1.15. The standard InChI is InChI=1S/C16H23NO/c1-12-8-13(2)10-14(9-12)11-16(18)15-6-4-3-5-7-17-15/h8-10,15,17H,3-7,11H2,1-2H3. The van der Waals surface area contributed by atoms with Gasteiger partial charge in [-0.05, 0) is 38.8 Å². The van der Waals surface area contributed by atoms with E-state index in [4.69, 9.17) is 0 Å². The van der Waals surface area contributed by atoms with E-state index in [1.54, 1.807) is 0 Å². The average molecular weight is 245 g/mol. The molecule has 0 bridgehead atoms. The van der Waals surface area contributed by atoms with Crippen LogP contribution in [-0.2, 0) is 11.2 Å². The monoisotopic (exact) mass is 245 g/mol.